The Hall–Kier alpha value is -3.48. The fourth-order valence-electron chi connectivity index (χ4n) is 3.87. The molecule has 3 heterocycles. The van der Waals surface area contributed by atoms with Crippen LogP contribution in [0.1, 0.15) is 16.8 Å². The Labute approximate surface area is 171 Å². The molecule has 152 valence electrons. The number of benzene rings is 2. The summed E-state index contributed by atoms with van der Waals surface area (Å²) in [7, 11) is 0. The van der Waals surface area contributed by atoms with Crippen molar-refractivity contribution in [3.05, 3.63) is 72.4 Å². The lowest BCUT2D eigenvalue weighted by Gasteiger charge is -2.38. The first kappa shape index (κ1) is 18.5. The molecule has 0 radical (unpaired) electrons. The lowest BCUT2D eigenvalue weighted by molar-refractivity contribution is -0.131. The predicted octanol–water partition coefficient (Wildman–Crippen LogP) is 4.64. The third-order valence-corrected chi connectivity index (χ3v) is 5.51. The van der Waals surface area contributed by atoms with E-state index in [2.05, 4.69) is 9.97 Å². The van der Waals surface area contributed by atoms with Gasteiger partial charge in [-0.05, 0) is 24.3 Å². The molecule has 0 aliphatic carbocycles. The average molecular weight is 407 g/mol. The van der Waals surface area contributed by atoms with Gasteiger partial charge in [-0.25, -0.2) is 13.8 Å². The number of amides is 1. The number of alkyl halides is 2. The average Bonchev–Trinajstić information content (AvgIpc) is 3.23. The van der Waals surface area contributed by atoms with Gasteiger partial charge in [-0.2, -0.15) is 0 Å². The topological polar surface area (TPSA) is 58.2 Å². The van der Waals surface area contributed by atoms with Crippen LogP contribution in [0, 0.1) is 0 Å². The lowest BCUT2D eigenvalue weighted by Crippen LogP contribution is -2.55. The second kappa shape index (κ2) is 7.09. The Morgan fingerprint density at radius 2 is 1.90 bits per heavy atom. The maximum atomic E-state index is 14.6. The van der Waals surface area contributed by atoms with Crippen LogP contribution in [0.5, 0.6) is 5.88 Å². The number of halogens is 2. The van der Waals surface area contributed by atoms with E-state index in [9.17, 15) is 13.6 Å². The molecule has 30 heavy (non-hydrogen) atoms. The maximum absolute atomic E-state index is 14.6. The van der Waals surface area contributed by atoms with E-state index in [0.29, 0.717) is 16.6 Å². The number of hydrogen-bond donors (Lipinski definition) is 1. The van der Waals surface area contributed by atoms with Crippen molar-refractivity contribution < 1.29 is 18.3 Å². The Morgan fingerprint density at radius 1 is 1.07 bits per heavy atom. The SMILES string of the molecule is O=C(c1cccc2cc[nH]c12)N1CCC(F)(F)C(Oc2ccc3ccccc3n2)C1. The van der Waals surface area contributed by atoms with E-state index in [1.807, 2.05) is 30.3 Å². The molecule has 2 aromatic carbocycles. The van der Waals surface area contributed by atoms with Crippen LogP contribution in [0.2, 0.25) is 0 Å². The van der Waals surface area contributed by atoms with Crippen molar-refractivity contribution in [1.29, 1.82) is 0 Å². The summed E-state index contributed by atoms with van der Waals surface area (Å²) in [6, 6.07) is 18.0. The molecule has 1 unspecified atom stereocenters. The molecular weight excluding hydrogens is 388 g/mol. The van der Waals surface area contributed by atoms with Gasteiger partial charge >= 0.3 is 0 Å². The summed E-state index contributed by atoms with van der Waals surface area (Å²) < 4.78 is 34.8. The minimum atomic E-state index is -3.05. The fraction of sp³-hybridized carbons (Fsp3) is 0.217. The number of fused-ring (bicyclic) bond motifs is 2. The number of hydrogen-bond acceptors (Lipinski definition) is 3. The Bertz CT molecular complexity index is 1240. The van der Waals surface area contributed by atoms with Crippen LogP contribution in [-0.4, -0.2) is 45.9 Å². The largest absolute Gasteiger partial charge is 0.466 e. The molecule has 5 nitrogen and oxygen atoms in total. The molecule has 2 aromatic heterocycles. The zero-order valence-electron chi connectivity index (χ0n) is 16.0. The molecule has 1 fully saturated rings. The molecule has 4 aromatic rings. The highest BCUT2D eigenvalue weighted by Crippen LogP contribution is 2.33. The van der Waals surface area contributed by atoms with Crippen molar-refractivity contribution >= 4 is 27.7 Å². The second-order valence-corrected chi connectivity index (χ2v) is 7.46. The molecule has 1 amide bonds. The van der Waals surface area contributed by atoms with Crippen LogP contribution in [0.4, 0.5) is 8.78 Å². The van der Waals surface area contributed by atoms with E-state index in [1.54, 1.807) is 36.5 Å². The monoisotopic (exact) mass is 407 g/mol. The van der Waals surface area contributed by atoms with Gasteiger partial charge in [0.2, 0.25) is 5.88 Å². The predicted molar refractivity (Wildman–Crippen MR) is 110 cm³/mol. The number of piperidine rings is 1. The summed E-state index contributed by atoms with van der Waals surface area (Å²) in [5, 5.41) is 1.80. The van der Waals surface area contributed by atoms with E-state index in [-0.39, 0.29) is 24.9 Å². The van der Waals surface area contributed by atoms with Gasteiger partial charge in [0.05, 0.1) is 23.1 Å². The third-order valence-electron chi connectivity index (χ3n) is 5.51. The number of ether oxygens (including phenoxy) is 1. The number of nitrogens with zero attached hydrogens (tertiary/aromatic N) is 2. The first-order chi connectivity index (χ1) is 14.5. The van der Waals surface area contributed by atoms with Crippen molar-refractivity contribution in [2.45, 2.75) is 18.4 Å². The number of H-pyrrole nitrogens is 1. The normalized spacial score (nSPS) is 18.6. The Balaban J connectivity index is 1.40. The van der Waals surface area contributed by atoms with Crippen LogP contribution in [-0.2, 0) is 0 Å². The summed E-state index contributed by atoms with van der Waals surface area (Å²) >= 11 is 0. The summed E-state index contributed by atoms with van der Waals surface area (Å²) in [5.74, 6) is -3.22. The molecule has 0 saturated carbocycles. The van der Waals surface area contributed by atoms with Gasteiger partial charge in [-0.15, -0.1) is 0 Å². The van der Waals surface area contributed by atoms with Crippen molar-refractivity contribution in [3.8, 4) is 5.88 Å². The molecule has 1 aliphatic heterocycles. The minimum Gasteiger partial charge on any atom is -0.466 e. The van der Waals surface area contributed by atoms with E-state index in [4.69, 9.17) is 4.74 Å². The van der Waals surface area contributed by atoms with Crippen LogP contribution in [0.15, 0.2) is 66.9 Å². The maximum Gasteiger partial charge on any atom is 0.287 e. The van der Waals surface area contributed by atoms with Gasteiger partial charge < -0.3 is 14.6 Å². The van der Waals surface area contributed by atoms with E-state index < -0.39 is 18.4 Å². The number of para-hydroxylation sites is 2. The Kier molecular flexibility index (Phi) is 4.38. The Morgan fingerprint density at radius 3 is 2.80 bits per heavy atom. The molecule has 1 N–H and O–H groups in total. The van der Waals surface area contributed by atoms with Crippen LogP contribution >= 0.6 is 0 Å². The minimum absolute atomic E-state index is 0.0338. The zero-order chi connectivity index (χ0) is 20.7. The highest BCUT2D eigenvalue weighted by atomic mass is 19.3. The first-order valence-corrected chi connectivity index (χ1v) is 9.77. The van der Waals surface area contributed by atoms with Gasteiger partial charge in [0.15, 0.2) is 6.10 Å². The molecule has 7 heteroatoms. The number of carbonyl (C=O) groups is 1. The number of carbonyl (C=O) groups excluding carboxylic acids is 1. The highest BCUT2D eigenvalue weighted by Gasteiger charge is 2.47. The summed E-state index contributed by atoms with van der Waals surface area (Å²) in [4.78, 5) is 21.9. The highest BCUT2D eigenvalue weighted by molar-refractivity contribution is 6.05. The summed E-state index contributed by atoms with van der Waals surface area (Å²) in [6.45, 7) is -0.245. The van der Waals surface area contributed by atoms with Crippen LogP contribution in [0.3, 0.4) is 0 Å². The quantitative estimate of drug-likeness (QED) is 0.538. The second-order valence-electron chi connectivity index (χ2n) is 7.46. The number of aromatic nitrogens is 2. The number of likely N-dealkylation sites (tertiary alicyclic amines) is 1. The first-order valence-electron chi connectivity index (χ1n) is 9.77. The zero-order valence-corrected chi connectivity index (χ0v) is 16.0. The fourth-order valence-corrected chi connectivity index (χ4v) is 3.87. The van der Waals surface area contributed by atoms with Crippen molar-refractivity contribution in [1.82, 2.24) is 14.9 Å². The number of nitrogens with one attached hydrogen (secondary N) is 1. The molecular formula is C23H19F2N3O2. The van der Waals surface area contributed by atoms with E-state index in [1.165, 1.54) is 4.90 Å². The van der Waals surface area contributed by atoms with E-state index >= 15 is 0 Å². The van der Waals surface area contributed by atoms with Gasteiger partial charge in [-0.1, -0.05) is 30.3 Å². The van der Waals surface area contributed by atoms with Crippen molar-refractivity contribution in [3.63, 3.8) is 0 Å². The molecule has 0 spiro atoms. The summed E-state index contributed by atoms with van der Waals surface area (Å²) in [5.41, 5.74) is 1.83. The van der Waals surface area contributed by atoms with Crippen molar-refractivity contribution in [2.75, 3.05) is 13.1 Å². The molecule has 1 saturated heterocycles. The molecule has 5 rings (SSSR count). The van der Waals surface area contributed by atoms with Gasteiger partial charge in [0, 0.05) is 36.0 Å². The molecule has 0 bridgehead atoms. The number of aromatic amines is 1. The third kappa shape index (κ3) is 3.26. The molecule has 1 atom stereocenters. The smallest absolute Gasteiger partial charge is 0.287 e. The molecule has 1 aliphatic rings. The van der Waals surface area contributed by atoms with Gasteiger partial charge in [-0.3, -0.25) is 4.79 Å². The van der Waals surface area contributed by atoms with Crippen LogP contribution in [0.25, 0.3) is 21.8 Å². The lowest BCUT2D eigenvalue weighted by atomic mass is 10.0. The number of rotatable bonds is 3. The van der Waals surface area contributed by atoms with Crippen LogP contribution < -0.4 is 4.74 Å². The van der Waals surface area contributed by atoms with Gasteiger partial charge in [0.25, 0.3) is 11.8 Å². The standard InChI is InChI=1S/C23H19F2N3O2/c24-23(25)11-13-28(22(29)17-6-3-5-16-10-12-26-21(16)17)14-19(23)30-20-9-8-15-4-1-2-7-18(15)27-20/h1-10,12,19,26H,11,13-14H2. The van der Waals surface area contributed by atoms with E-state index in [0.717, 1.165) is 10.8 Å². The van der Waals surface area contributed by atoms with Gasteiger partial charge in [0.1, 0.15) is 0 Å². The number of pyridine rings is 1. The summed E-state index contributed by atoms with van der Waals surface area (Å²) in [6.07, 6.45) is -0.174. The van der Waals surface area contributed by atoms with Crippen molar-refractivity contribution in [2.24, 2.45) is 0 Å².